The van der Waals surface area contributed by atoms with Crippen molar-refractivity contribution in [2.45, 2.75) is 76.7 Å². The van der Waals surface area contributed by atoms with Crippen LogP contribution < -0.4 is 4.57 Å². The van der Waals surface area contributed by atoms with E-state index in [2.05, 4.69) is 129 Å². The second kappa shape index (κ2) is 10.8. The summed E-state index contributed by atoms with van der Waals surface area (Å²) in [6.45, 7) is 17.5. The van der Waals surface area contributed by atoms with Gasteiger partial charge in [-0.25, -0.2) is 0 Å². The molecule has 200 valence electrons. The summed E-state index contributed by atoms with van der Waals surface area (Å²) in [5.41, 5.74) is 6.60. The van der Waals surface area contributed by atoms with Crippen LogP contribution in [0.15, 0.2) is 96.6 Å². The Morgan fingerprint density at radius 2 is 1.67 bits per heavy atom. The maximum Gasteiger partial charge on any atom is 0.248 e. The Morgan fingerprint density at radius 3 is 2.33 bits per heavy atom. The van der Waals surface area contributed by atoms with Gasteiger partial charge in [0.05, 0.1) is 11.5 Å². The summed E-state index contributed by atoms with van der Waals surface area (Å²) in [6, 6.07) is 21.4. The van der Waals surface area contributed by atoms with Gasteiger partial charge >= 0.3 is 0 Å². The molecule has 1 aliphatic rings. The molecule has 0 aliphatic carbocycles. The first-order valence-corrected chi connectivity index (χ1v) is 14.2. The van der Waals surface area contributed by atoms with Gasteiger partial charge in [-0.2, -0.15) is 4.57 Å². The van der Waals surface area contributed by atoms with Crippen LogP contribution in [0.5, 0.6) is 0 Å². The highest BCUT2D eigenvalue weighted by molar-refractivity contribution is 5.72. The zero-order chi connectivity index (χ0) is 27.6. The molecule has 1 aliphatic heterocycles. The van der Waals surface area contributed by atoms with Crippen LogP contribution in [0.2, 0.25) is 0 Å². The number of rotatable bonds is 10. The molecule has 2 unspecified atom stereocenters. The smallest absolute Gasteiger partial charge is 0.248 e. The highest BCUT2D eigenvalue weighted by Gasteiger charge is 2.49. The predicted molar refractivity (Wildman–Crippen MR) is 159 cm³/mol. The zero-order valence-corrected chi connectivity index (χ0v) is 23.8. The minimum Gasteiger partial charge on any atom is -0.416 e. The van der Waals surface area contributed by atoms with E-state index >= 15 is 0 Å². The summed E-state index contributed by atoms with van der Waals surface area (Å²) in [5.74, 6) is 1.16. The van der Waals surface area contributed by atoms with Crippen molar-refractivity contribution in [1.82, 2.24) is 10.2 Å². The van der Waals surface area contributed by atoms with E-state index in [1.165, 1.54) is 36.8 Å². The summed E-state index contributed by atoms with van der Waals surface area (Å²) in [6.07, 6.45) is 12.1. The Labute approximate surface area is 233 Å². The SMILES string of the molecule is C=CC1c2ccc(-c3nnc(-c4ccc(C(C)(C)CCCCC)cc4)o3)cc2-c2cccc[n+]2C1(C=C)CC. The lowest BCUT2D eigenvalue weighted by molar-refractivity contribution is -0.747. The second-order valence-corrected chi connectivity index (χ2v) is 11.4. The molecule has 0 fully saturated rings. The summed E-state index contributed by atoms with van der Waals surface area (Å²) in [5, 5.41) is 8.83. The number of hydrogen-bond acceptors (Lipinski definition) is 3. The van der Waals surface area contributed by atoms with Crippen LogP contribution in [0, 0.1) is 0 Å². The van der Waals surface area contributed by atoms with E-state index in [0.29, 0.717) is 11.8 Å². The maximum absolute atomic E-state index is 6.21. The molecule has 0 saturated heterocycles. The fourth-order valence-electron chi connectivity index (χ4n) is 6.20. The standard InChI is InChI=1S/C35H40N3O/c1-7-11-13-22-34(5,6)27-19-16-25(17-20-27)32-36-37-33(39-32)26-18-21-28-29(24-26)31-15-12-14-23-38(31)35(9-3,10-4)30(28)8-2/h8-9,12,14-21,23-24,30H,2-3,7,10-11,13,22H2,1,4-6H3/q+1. The molecule has 0 bridgehead atoms. The van der Waals surface area contributed by atoms with Gasteiger partial charge in [0.25, 0.3) is 0 Å². The predicted octanol–water partition coefficient (Wildman–Crippen LogP) is 8.79. The molecule has 4 aromatic rings. The summed E-state index contributed by atoms with van der Waals surface area (Å²) in [4.78, 5) is 0. The van der Waals surface area contributed by atoms with Gasteiger partial charge in [0.2, 0.25) is 17.5 Å². The van der Waals surface area contributed by atoms with Gasteiger partial charge in [0.15, 0.2) is 11.7 Å². The molecule has 2 atom stereocenters. The van der Waals surface area contributed by atoms with Crippen LogP contribution in [-0.4, -0.2) is 10.2 Å². The molecule has 3 heterocycles. The Morgan fingerprint density at radius 1 is 0.949 bits per heavy atom. The maximum atomic E-state index is 6.21. The van der Waals surface area contributed by atoms with Crippen LogP contribution in [0.25, 0.3) is 34.2 Å². The number of aromatic nitrogens is 3. The number of benzene rings is 2. The lowest BCUT2D eigenvalue weighted by Gasteiger charge is -2.37. The first-order chi connectivity index (χ1) is 18.9. The van der Waals surface area contributed by atoms with E-state index in [4.69, 9.17) is 4.42 Å². The first kappa shape index (κ1) is 26.8. The van der Waals surface area contributed by atoms with Crippen LogP contribution in [0.1, 0.15) is 76.8 Å². The molecule has 0 radical (unpaired) electrons. The molecular formula is C35H40N3O+. The van der Waals surface area contributed by atoms with Crippen LogP contribution in [0.3, 0.4) is 0 Å². The van der Waals surface area contributed by atoms with Crippen molar-refractivity contribution < 1.29 is 8.98 Å². The highest BCUT2D eigenvalue weighted by Crippen LogP contribution is 2.45. The number of allylic oxidation sites excluding steroid dienone is 2. The molecule has 2 aromatic heterocycles. The van der Waals surface area contributed by atoms with E-state index in [1.54, 1.807) is 0 Å². The highest BCUT2D eigenvalue weighted by atomic mass is 16.4. The van der Waals surface area contributed by atoms with Crippen molar-refractivity contribution >= 4 is 0 Å². The number of unbranched alkanes of at least 4 members (excludes halogenated alkanes) is 2. The van der Waals surface area contributed by atoms with Gasteiger partial charge in [-0.15, -0.1) is 16.8 Å². The van der Waals surface area contributed by atoms with Gasteiger partial charge in [-0.3, -0.25) is 0 Å². The van der Waals surface area contributed by atoms with Crippen LogP contribution >= 0.6 is 0 Å². The minimum atomic E-state index is -0.263. The molecule has 2 aromatic carbocycles. The molecule has 4 nitrogen and oxygen atoms in total. The lowest BCUT2D eigenvalue weighted by Crippen LogP contribution is -2.60. The largest absolute Gasteiger partial charge is 0.416 e. The van der Waals surface area contributed by atoms with Crippen molar-refractivity contribution in [3.8, 4) is 34.2 Å². The van der Waals surface area contributed by atoms with Crippen molar-refractivity contribution in [3.05, 3.63) is 103 Å². The number of hydrogen-bond donors (Lipinski definition) is 0. The Hall–Kier alpha value is -3.79. The molecule has 4 heteroatoms. The summed E-state index contributed by atoms with van der Waals surface area (Å²) >= 11 is 0. The molecule has 0 saturated carbocycles. The monoisotopic (exact) mass is 518 g/mol. The number of fused-ring (bicyclic) bond motifs is 3. The Kier molecular flexibility index (Phi) is 7.40. The van der Waals surface area contributed by atoms with E-state index in [-0.39, 0.29) is 16.9 Å². The van der Waals surface area contributed by atoms with Crippen molar-refractivity contribution in [1.29, 1.82) is 0 Å². The lowest BCUT2D eigenvalue weighted by atomic mass is 9.72. The first-order valence-electron chi connectivity index (χ1n) is 14.2. The van der Waals surface area contributed by atoms with Gasteiger partial charge < -0.3 is 4.42 Å². The minimum absolute atomic E-state index is 0.104. The van der Waals surface area contributed by atoms with Crippen LogP contribution in [-0.2, 0) is 11.0 Å². The van der Waals surface area contributed by atoms with Gasteiger partial charge in [-0.1, -0.05) is 77.8 Å². The van der Waals surface area contributed by atoms with Crippen molar-refractivity contribution in [2.75, 3.05) is 0 Å². The van der Waals surface area contributed by atoms with E-state index in [9.17, 15) is 0 Å². The average molecular weight is 519 g/mol. The fourth-order valence-corrected chi connectivity index (χ4v) is 6.20. The third kappa shape index (κ3) is 4.67. The molecule has 0 spiro atoms. The van der Waals surface area contributed by atoms with Gasteiger partial charge in [0, 0.05) is 29.7 Å². The Balaban J connectivity index is 1.47. The van der Waals surface area contributed by atoms with Crippen molar-refractivity contribution in [3.63, 3.8) is 0 Å². The molecule has 5 rings (SSSR count). The van der Waals surface area contributed by atoms with Crippen molar-refractivity contribution in [2.24, 2.45) is 0 Å². The van der Waals surface area contributed by atoms with Gasteiger partial charge in [-0.05, 0) is 59.4 Å². The summed E-state index contributed by atoms with van der Waals surface area (Å²) < 4.78 is 8.55. The van der Waals surface area contributed by atoms with E-state index < -0.39 is 0 Å². The molecule has 0 N–H and O–H groups in total. The third-order valence-electron chi connectivity index (χ3n) is 8.66. The average Bonchev–Trinajstić information content (AvgIpc) is 3.47. The van der Waals surface area contributed by atoms with E-state index in [1.807, 2.05) is 6.08 Å². The zero-order valence-electron chi connectivity index (χ0n) is 23.8. The van der Waals surface area contributed by atoms with Gasteiger partial charge in [0.1, 0.15) is 0 Å². The second-order valence-electron chi connectivity index (χ2n) is 11.4. The topological polar surface area (TPSA) is 42.8 Å². The molecule has 39 heavy (non-hydrogen) atoms. The molecule has 0 amide bonds. The molecular weight excluding hydrogens is 478 g/mol. The summed E-state index contributed by atoms with van der Waals surface area (Å²) in [7, 11) is 0. The van der Waals surface area contributed by atoms with E-state index in [0.717, 1.165) is 28.8 Å². The third-order valence-corrected chi connectivity index (χ3v) is 8.66. The number of nitrogens with zero attached hydrogens (tertiary/aromatic N) is 3. The Bertz CT molecular complexity index is 1480. The quantitative estimate of drug-likeness (QED) is 0.120. The fraction of sp³-hybridized carbons (Fsp3) is 0.343. The van der Waals surface area contributed by atoms with Crippen LogP contribution in [0.4, 0.5) is 0 Å². The normalized spacial score (nSPS) is 18.3. The number of pyridine rings is 1.